The van der Waals surface area contributed by atoms with Crippen molar-refractivity contribution in [3.63, 3.8) is 0 Å². The molecule has 0 aliphatic carbocycles. The van der Waals surface area contributed by atoms with Gasteiger partial charge in [-0.25, -0.2) is 0 Å². The highest BCUT2D eigenvalue weighted by Crippen LogP contribution is 2.52. The zero-order valence-electron chi connectivity index (χ0n) is 14.2. The number of para-hydroxylation sites is 1. The minimum atomic E-state index is 0. The van der Waals surface area contributed by atoms with Gasteiger partial charge in [0.05, 0.1) is 21.3 Å². The highest BCUT2D eigenvalue weighted by Gasteiger charge is 2.33. The molecule has 0 aromatic heterocycles. The van der Waals surface area contributed by atoms with E-state index in [-0.39, 0.29) is 12.4 Å². The van der Waals surface area contributed by atoms with Crippen LogP contribution in [0, 0.1) is 0 Å². The molecule has 6 heteroatoms. The second-order valence-electron chi connectivity index (χ2n) is 6.40. The third-order valence-electron chi connectivity index (χ3n) is 4.85. The fraction of sp³-hybridized carbons (Fsp3) is 0.250. The fourth-order valence-electron chi connectivity index (χ4n) is 3.75. The van der Waals surface area contributed by atoms with E-state index in [2.05, 4.69) is 46.2 Å². The molecule has 0 atom stereocenters. The maximum Gasteiger partial charge on any atom is 0.115 e. The van der Waals surface area contributed by atoms with Gasteiger partial charge in [-0.1, -0.05) is 41.6 Å². The van der Waals surface area contributed by atoms with Crippen molar-refractivity contribution >= 4 is 53.0 Å². The second kappa shape index (κ2) is 7.18. The summed E-state index contributed by atoms with van der Waals surface area (Å²) in [6.07, 6.45) is 5.62. The Kier molecular flexibility index (Phi) is 4.91. The molecule has 5 rings (SSSR count). The molecule has 0 saturated heterocycles. The number of fused-ring (bicyclic) bond motifs is 2. The van der Waals surface area contributed by atoms with Crippen LogP contribution < -0.4 is 4.90 Å². The third-order valence-corrected chi connectivity index (χ3v) is 6.48. The van der Waals surface area contributed by atoms with Crippen molar-refractivity contribution < 1.29 is 0 Å². The van der Waals surface area contributed by atoms with Crippen molar-refractivity contribution in [3.8, 4) is 0 Å². The molecule has 3 nitrogen and oxygen atoms in total. The molecule has 0 bridgehead atoms. The molecular formula is C20H19Cl2N3S. The lowest BCUT2D eigenvalue weighted by molar-refractivity contribution is 0.541. The molecule has 3 heterocycles. The molecule has 0 amide bonds. The van der Waals surface area contributed by atoms with E-state index in [9.17, 15) is 0 Å². The van der Waals surface area contributed by atoms with Crippen LogP contribution in [0.15, 0.2) is 69.1 Å². The predicted molar refractivity (Wildman–Crippen MR) is 112 cm³/mol. The number of hydrogen-bond acceptors (Lipinski definition) is 4. The number of anilines is 2. The van der Waals surface area contributed by atoms with Gasteiger partial charge >= 0.3 is 0 Å². The maximum atomic E-state index is 6.54. The summed E-state index contributed by atoms with van der Waals surface area (Å²) in [5, 5.41) is 0.811. The Morgan fingerprint density at radius 1 is 1.04 bits per heavy atom. The summed E-state index contributed by atoms with van der Waals surface area (Å²) in [6.45, 7) is 1.96. The molecule has 134 valence electrons. The minimum absolute atomic E-state index is 0. The molecule has 2 aromatic rings. The van der Waals surface area contributed by atoms with Gasteiger partial charge in [-0.2, -0.15) is 0 Å². The summed E-state index contributed by atoms with van der Waals surface area (Å²) in [5.41, 5.74) is 2.38. The Morgan fingerprint density at radius 3 is 2.73 bits per heavy atom. The first-order valence-corrected chi connectivity index (χ1v) is 9.89. The molecule has 2 aromatic carbocycles. The fourth-order valence-corrected chi connectivity index (χ4v) is 5.10. The van der Waals surface area contributed by atoms with Crippen LogP contribution in [-0.2, 0) is 0 Å². The Balaban J connectivity index is 0.00000168. The lowest BCUT2D eigenvalue weighted by atomic mass is 10.2. The summed E-state index contributed by atoms with van der Waals surface area (Å²) < 4.78 is 0. The Hall–Kier alpha value is -1.62. The van der Waals surface area contributed by atoms with E-state index in [1.54, 1.807) is 11.8 Å². The van der Waals surface area contributed by atoms with E-state index in [0.717, 1.165) is 48.0 Å². The molecule has 3 aliphatic heterocycles. The van der Waals surface area contributed by atoms with Crippen molar-refractivity contribution in [1.29, 1.82) is 0 Å². The van der Waals surface area contributed by atoms with Crippen LogP contribution >= 0.6 is 35.8 Å². The molecule has 0 unspecified atom stereocenters. The average molecular weight is 404 g/mol. The van der Waals surface area contributed by atoms with E-state index in [0.29, 0.717) is 0 Å². The van der Waals surface area contributed by atoms with Gasteiger partial charge in [-0.05, 0) is 43.2 Å². The molecule has 0 spiro atoms. The molecule has 0 N–H and O–H groups in total. The van der Waals surface area contributed by atoms with Gasteiger partial charge in [0.15, 0.2) is 0 Å². The van der Waals surface area contributed by atoms with Crippen molar-refractivity contribution in [3.05, 3.63) is 59.4 Å². The summed E-state index contributed by atoms with van der Waals surface area (Å²) in [4.78, 5) is 11.9. The number of aliphatic imine (C=N–C) groups is 1. The van der Waals surface area contributed by atoms with E-state index >= 15 is 0 Å². The van der Waals surface area contributed by atoms with Crippen LogP contribution in [0.3, 0.4) is 0 Å². The Bertz CT molecular complexity index is 910. The highest BCUT2D eigenvalue weighted by atomic mass is 35.5. The smallest absolute Gasteiger partial charge is 0.115 e. The normalized spacial score (nSPS) is 18.0. The zero-order valence-corrected chi connectivity index (χ0v) is 16.6. The van der Waals surface area contributed by atoms with Gasteiger partial charge in [0.25, 0.3) is 0 Å². The van der Waals surface area contributed by atoms with E-state index < -0.39 is 0 Å². The number of amidine groups is 1. The van der Waals surface area contributed by atoms with Gasteiger partial charge in [-0.15, -0.1) is 12.4 Å². The largest absolute Gasteiger partial charge is 0.316 e. The molecule has 26 heavy (non-hydrogen) atoms. The van der Waals surface area contributed by atoms with Crippen molar-refractivity contribution in [1.82, 2.24) is 4.90 Å². The maximum absolute atomic E-state index is 6.54. The van der Waals surface area contributed by atoms with Gasteiger partial charge in [0.2, 0.25) is 0 Å². The van der Waals surface area contributed by atoms with Crippen LogP contribution in [0.4, 0.5) is 11.4 Å². The molecule has 0 radical (unpaired) electrons. The topological polar surface area (TPSA) is 18.8 Å². The van der Waals surface area contributed by atoms with Gasteiger partial charge in [0.1, 0.15) is 11.7 Å². The number of rotatable bonds is 1. The van der Waals surface area contributed by atoms with E-state index in [4.69, 9.17) is 16.6 Å². The quantitative estimate of drug-likeness (QED) is 0.572. The van der Waals surface area contributed by atoms with Crippen LogP contribution in [0.5, 0.6) is 0 Å². The number of nitrogens with zero attached hydrogens (tertiary/aromatic N) is 3. The minimum Gasteiger partial charge on any atom is -0.316 e. The Labute approximate surface area is 169 Å². The highest BCUT2D eigenvalue weighted by molar-refractivity contribution is 7.99. The second-order valence-corrected chi connectivity index (χ2v) is 7.86. The molecule has 0 fully saturated rings. The first-order chi connectivity index (χ1) is 12.3. The SMILES string of the molecule is Cl.Clc1cccc2c1Sc1ccccc1N2C1=CCCN1C1=NCCC1. The standard InChI is InChI=1S/C20H18ClN3S.ClH/c21-14-6-3-8-16-20(14)25-17-9-2-1-7-15(17)24(16)19-11-5-13-23(19)18-10-4-12-22-18;/h1-3,6-9,11H,4-5,10,12-13H2;1H. The van der Waals surface area contributed by atoms with Crippen LogP contribution in [0.1, 0.15) is 19.3 Å². The monoisotopic (exact) mass is 403 g/mol. The first-order valence-electron chi connectivity index (χ1n) is 8.69. The van der Waals surface area contributed by atoms with Crippen molar-refractivity contribution in [2.75, 3.05) is 18.0 Å². The molecule has 3 aliphatic rings. The Morgan fingerprint density at radius 2 is 1.88 bits per heavy atom. The van der Waals surface area contributed by atoms with E-state index in [1.807, 2.05) is 12.1 Å². The van der Waals surface area contributed by atoms with E-state index in [1.165, 1.54) is 22.2 Å². The van der Waals surface area contributed by atoms with Gasteiger partial charge < -0.3 is 4.90 Å². The zero-order chi connectivity index (χ0) is 16.8. The predicted octanol–water partition coefficient (Wildman–Crippen LogP) is 6.10. The lowest BCUT2D eigenvalue weighted by Crippen LogP contribution is -2.35. The summed E-state index contributed by atoms with van der Waals surface area (Å²) in [7, 11) is 0. The van der Waals surface area contributed by atoms with Crippen molar-refractivity contribution in [2.24, 2.45) is 4.99 Å². The molecule has 0 saturated carbocycles. The number of hydrogen-bond donors (Lipinski definition) is 0. The number of benzene rings is 2. The lowest BCUT2D eigenvalue weighted by Gasteiger charge is -2.37. The van der Waals surface area contributed by atoms with Gasteiger partial charge in [0, 0.05) is 24.4 Å². The number of halogens is 2. The van der Waals surface area contributed by atoms with Crippen molar-refractivity contribution in [2.45, 2.75) is 29.1 Å². The molecular weight excluding hydrogens is 385 g/mol. The van der Waals surface area contributed by atoms with Gasteiger partial charge in [-0.3, -0.25) is 9.89 Å². The van der Waals surface area contributed by atoms with Crippen LogP contribution in [-0.4, -0.2) is 23.8 Å². The summed E-state index contributed by atoms with van der Waals surface area (Å²) in [5.74, 6) is 2.44. The summed E-state index contributed by atoms with van der Waals surface area (Å²) >= 11 is 8.30. The van der Waals surface area contributed by atoms with Crippen LogP contribution in [0.2, 0.25) is 5.02 Å². The average Bonchev–Trinajstić information content (AvgIpc) is 3.31. The summed E-state index contributed by atoms with van der Waals surface area (Å²) in [6, 6.07) is 14.7. The van der Waals surface area contributed by atoms with Crippen LogP contribution in [0.25, 0.3) is 0 Å². The first kappa shape index (κ1) is 17.8. The third kappa shape index (κ3) is 2.81.